The lowest BCUT2D eigenvalue weighted by atomic mass is 10.0. The van der Waals surface area contributed by atoms with Gasteiger partial charge in [-0.2, -0.15) is 9.61 Å². The van der Waals surface area contributed by atoms with Crippen LogP contribution in [0.4, 0.5) is 5.82 Å². The maximum absolute atomic E-state index is 6.44. The van der Waals surface area contributed by atoms with Crippen molar-refractivity contribution in [2.24, 2.45) is 0 Å². The molecule has 4 heterocycles. The minimum absolute atomic E-state index is 0.400. The van der Waals surface area contributed by atoms with Crippen LogP contribution in [0.15, 0.2) is 58.5 Å². The number of nitrogens with one attached hydrogen (secondary N) is 1. The summed E-state index contributed by atoms with van der Waals surface area (Å²) in [5.74, 6) is 0.942. The zero-order valence-electron chi connectivity index (χ0n) is 16.3. The first-order chi connectivity index (χ1) is 14.7. The lowest BCUT2D eigenvalue weighted by molar-refractivity contribution is 0.213. The van der Waals surface area contributed by atoms with Crippen molar-refractivity contribution in [1.82, 2.24) is 19.5 Å². The number of benzene rings is 1. The molecule has 0 saturated carbocycles. The molecule has 1 aliphatic heterocycles. The highest BCUT2D eigenvalue weighted by Gasteiger charge is 2.21. The first-order valence-corrected chi connectivity index (χ1v) is 12.0. The third-order valence-corrected chi connectivity index (χ3v) is 7.23. The van der Waals surface area contributed by atoms with Crippen LogP contribution in [-0.4, -0.2) is 38.6 Å². The molecule has 0 amide bonds. The molecule has 8 heteroatoms. The Hall–Kier alpha value is -1.93. The van der Waals surface area contributed by atoms with Crippen molar-refractivity contribution < 1.29 is 0 Å². The third kappa shape index (κ3) is 4.12. The van der Waals surface area contributed by atoms with Crippen molar-refractivity contribution in [3.05, 3.63) is 68.4 Å². The summed E-state index contributed by atoms with van der Waals surface area (Å²) in [6, 6.07) is 14.6. The van der Waals surface area contributed by atoms with Crippen molar-refractivity contribution in [2.75, 3.05) is 18.4 Å². The van der Waals surface area contributed by atoms with Crippen molar-refractivity contribution in [3.63, 3.8) is 0 Å². The van der Waals surface area contributed by atoms with E-state index in [0.29, 0.717) is 11.1 Å². The SMILES string of the molecule is Clc1ccccc1-c1cc(NC2CCN(Cc3cccs3)CC2)n2ncc(Br)c2n1. The van der Waals surface area contributed by atoms with Crippen LogP contribution in [0.25, 0.3) is 16.9 Å². The van der Waals surface area contributed by atoms with E-state index in [1.807, 2.05) is 46.2 Å². The zero-order valence-corrected chi connectivity index (χ0v) is 19.4. The van der Waals surface area contributed by atoms with Crippen molar-refractivity contribution in [2.45, 2.75) is 25.4 Å². The summed E-state index contributed by atoms with van der Waals surface area (Å²) in [5, 5.41) is 11.1. The molecule has 0 aliphatic carbocycles. The van der Waals surface area contributed by atoms with Gasteiger partial charge in [0, 0.05) is 47.2 Å². The molecule has 1 saturated heterocycles. The Kier molecular flexibility index (Phi) is 5.78. The van der Waals surface area contributed by atoms with Crippen LogP contribution in [0.2, 0.25) is 5.02 Å². The number of anilines is 1. The summed E-state index contributed by atoms with van der Waals surface area (Å²) in [6.07, 6.45) is 3.98. The molecule has 154 valence electrons. The fraction of sp³-hybridized carbons (Fsp3) is 0.273. The molecule has 0 spiro atoms. The number of piperidine rings is 1. The van der Waals surface area contributed by atoms with Gasteiger partial charge in [-0.05, 0) is 46.3 Å². The van der Waals surface area contributed by atoms with Crippen LogP contribution < -0.4 is 5.32 Å². The number of aromatic nitrogens is 3. The zero-order chi connectivity index (χ0) is 20.5. The number of fused-ring (bicyclic) bond motifs is 1. The van der Waals surface area contributed by atoms with Gasteiger partial charge < -0.3 is 5.32 Å². The number of nitrogens with zero attached hydrogens (tertiary/aromatic N) is 4. The Morgan fingerprint density at radius 3 is 2.77 bits per heavy atom. The van der Waals surface area contributed by atoms with Crippen LogP contribution in [0, 0.1) is 0 Å². The topological polar surface area (TPSA) is 45.5 Å². The molecule has 0 unspecified atom stereocenters. The number of likely N-dealkylation sites (tertiary alicyclic amines) is 1. The van der Waals surface area contributed by atoms with Crippen LogP contribution >= 0.6 is 38.9 Å². The largest absolute Gasteiger partial charge is 0.367 e. The fourth-order valence-electron chi connectivity index (χ4n) is 3.91. The van der Waals surface area contributed by atoms with Crippen LogP contribution in [0.3, 0.4) is 0 Å². The summed E-state index contributed by atoms with van der Waals surface area (Å²) < 4.78 is 2.73. The van der Waals surface area contributed by atoms with E-state index in [4.69, 9.17) is 16.6 Å². The first-order valence-electron chi connectivity index (χ1n) is 9.98. The normalized spacial score (nSPS) is 15.7. The molecule has 3 aromatic heterocycles. The van der Waals surface area contributed by atoms with E-state index in [-0.39, 0.29) is 0 Å². The standard InChI is InChI=1S/C22H21BrClN5S/c23-18-13-25-29-21(12-20(27-22(18)29)17-5-1-2-6-19(17)24)26-15-7-9-28(10-8-15)14-16-4-3-11-30-16/h1-6,11-13,15,26H,7-10,14H2. The molecule has 5 rings (SSSR count). The Bertz CT molecular complexity index is 1150. The van der Waals surface area contributed by atoms with Crippen molar-refractivity contribution >= 4 is 50.3 Å². The molecule has 1 aromatic carbocycles. The van der Waals surface area contributed by atoms with Gasteiger partial charge in [-0.25, -0.2) is 4.98 Å². The first kappa shape index (κ1) is 20.0. The minimum atomic E-state index is 0.400. The van der Waals surface area contributed by atoms with E-state index < -0.39 is 0 Å². The van der Waals surface area contributed by atoms with E-state index in [2.05, 4.69) is 48.8 Å². The number of hydrogen-bond acceptors (Lipinski definition) is 5. The van der Waals surface area contributed by atoms with Crippen LogP contribution in [0.1, 0.15) is 17.7 Å². The van der Waals surface area contributed by atoms with Gasteiger partial charge in [0.25, 0.3) is 0 Å². The molecule has 1 fully saturated rings. The minimum Gasteiger partial charge on any atom is -0.367 e. The third-order valence-electron chi connectivity index (χ3n) is 5.48. The maximum atomic E-state index is 6.44. The van der Waals surface area contributed by atoms with Crippen molar-refractivity contribution in [3.8, 4) is 11.3 Å². The maximum Gasteiger partial charge on any atom is 0.172 e. The number of rotatable bonds is 5. The quantitative estimate of drug-likeness (QED) is 0.366. The van der Waals surface area contributed by atoms with E-state index in [0.717, 1.165) is 59.7 Å². The van der Waals surface area contributed by atoms with Gasteiger partial charge in [0.05, 0.1) is 16.4 Å². The Labute approximate surface area is 192 Å². The summed E-state index contributed by atoms with van der Waals surface area (Å²) >= 11 is 11.9. The van der Waals surface area contributed by atoms with E-state index in [9.17, 15) is 0 Å². The molecular weight excluding hydrogens is 482 g/mol. The predicted molar refractivity (Wildman–Crippen MR) is 127 cm³/mol. The van der Waals surface area contributed by atoms with Gasteiger partial charge >= 0.3 is 0 Å². The monoisotopic (exact) mass is 501 g/mol. The second-order valence-electron chi connectivity index (χ2n) is 7.51. The van der Waals surface area contributed by atoms with Crippen molar-refractivity contribution in [1.29, 1.82) is 0 Å². The highest BCUT2D eigenvalue weighted by molar-refractivity contribution is 9.10. The molecule has 0 bridgehead atoms. The van der Waals surface area contributed by atoms with Gasteiger partial charge in [0.2, 0.25) is 0 Å². The molecular formula is C22H21BrClN5S. The second-order valence-corrected chi connectivity index (χ2v) is 9.80. The van der Waals surface area contributed by atoms with Gasteiger partial charge in [0.1, 0.15) is 5.82 Å². The van der Waals surface area contributed by atoms with Gasteiger partial charge in [-0.3, -0.25) is 4.90 Å². The summed E-state index contributed by atoms with van der Waals surface area (Å²) in [7, 11) is 0. The molecule has 5 nitrogen and oxygen atoms in total. The summed E-state index contributed by atoms with van der Waals surface area (Å²) in [4.78, 5) is 8.76. The van der Waals surface area contributed by atoms with Crippen LogP contribution in [0.5, 0.6) is 0 Å². The molecule has 1 aliphatic rings. The molecule has 1 N–H and O–H groups in total. The molecule has 30 heavy (non-hydrogen) atoms. The number of hydrogen-bond donors (Lipinski definition) is 1. The second kappa shape index (κ2) is 8.67. The van der Waals surface area contributed by atoms with E-state index >= 15 is 0 Å². The lowest BCUT2D eigenvalue weighted by Gasteiger charge is -2.32. The van der Waals surface area contributed by atoms with E-state index in [1.165, 1.54) is 4.88 Å². The lowest BCUT2D eigenvalue weighted by Crippen LogP contribution is -2.38. The van der Waals surface area contributed by atoms with Gasteiger partial charge in [0.15, 0.2) is 5.65 Å². The number of halogens is 2. The number of thiophene rings is 1. The summed E-state index contributed by atoms with van der Waals surface area (Å²) in [5.41, 5.74) is 2.54. The highest BCUT2D eigenvalue weighted by atomic mass is 79.9. The predicted octanol–water partition coefficient (Wildman–Crippen LogP) is 5.95. The average molecular weight is 503 g/mol. The smallest absolute Gasteiger partial charge is 0.172 e. The fourth-order valence-corrected chi connectivity index (χ4v) is 5.24. The molecule has 0 radical (unpaired) electrons. The Morgan fingerprint density at radius 1 is 1.17 bits per heavy atom. The Morgan fingerprint density at radius 2 is 2.00 bits per heavy atom. The Balaban J connectivity index is 1.37. The summed E-state index contributed by atoms with van der Waals surface area (Å²) in [6.45, 7) is 3.22. The van der Waals surface area contributed by atoms with Crippen LogP contribution in [-0.2, 0) is 6.54 Å². The molecule has 4 aromatic rings. The van der Waals surface area contributed by atoms with Gasteiger partial charge in [-0.1, -0.05) is 35.9 Å². The highest BCUT2D eigenvalue weighted by Crippen LogP contribution is 2.31. The van der Waals surface area contributed by atoms with Gasteiger partial charge in [-0.15, -0.1) is 11.3 Å². The molecule has 0 atom stereocenters. The average Bonchev–Trinajstić information content (AvgIpc) is 3.40. The van der Waals surface area contributed by atoms with E-state index in [1.54, 1.807) is 6.20 Å².